The molecule has 9 heteroatoms. The van der Waals surface area contributed by atoms with Gasteiger partial charge in [-0.25, -0.2) is 12.8 Å². The van der Waals surface area contributed by atoms with Gasteiger partial charge in [0.25, 0.3) is 5.91 Å². The van der Waals surface area contributed by atoms with Gasteiger partial charge in [0.1, 0.15) is 11.9 Å². The van der Waals surface area contributed by atoms with Gasteiger partial charge in [0.15, 0.2) is 4.80 Å². The summed E-state index contributed by atoms with van der Waals surface area (Å²) in [5.41, 5.74) is 0.941. The van der Waals surface area contributed by atoms with Crippen molar-refractivity contribution in [3.8, 4) is 0 Å². The number of amides is 1. The van der Waals surface area contributed by atoms with Crippen molar-refractivity contribution in [1.82, 2.24) is 8.87 Å². The summed E-state index contributed by atoms with van der Waals surface area (Å²) in [5.74, 6) is -1.02. The lowest BCUT2D eigenvalue weighted by molar-refractivity contribution is -0.121. The van der Waals surface area contributed by atoms with E-state index in [1.807, 2.05) is 28.8 Å². The summed E-state index contributed by atoms with van der Waals surface area (Å²) < 4.78 is 43.3. The Morgan fingerprint density at radius 3 is 2.70 bits per heavy atom. The number of aromatic nitrogens is 1. The second-order valence-electron chi connectivity index (χ2n) is 6.93. The Labute approximate surface area is 177 Å². The van der Waals surface area contributed by atoms with Crippen LogP contribution in [0, 0.1) is 5.82 Å². The largest absolute Gasteiger partial charge is 0.313 e. The molecule has 1 aromatic heterocycles. The maximum atomic E-state index is 13.2. The van der Waals surface area contributed by atoms with Crippen LogP contribution in [0.2, 0.25) is 0 Å². The fourth-order valence-corrected chi connectivity index (χ4v) is 6.29. The predicted molar refractivity (Wildman–Crippen MR) is 114 cm³/mol. The number of halogens is 1. The zero-order valence-electron chi connectivity index (χ0n) is 16.1. The van der Waals surface area contributed by atoms with Gasteiger partial charge in [-0.2, -0.15) is 9.30 Å². The minimum absolute atomic E-state index is 0.0350. The molecule has 0 N–H and O–H groups in total. The van der Waals surface area contributed by atoms with Crippen molar-refractivity contribution in [3.63, 3.8) is 0 Å². The van der Waals surface area contributed by atoms with E-state index in [-0.39, 0.29) is 11.4 Å². The summed E-state index contributed by atoms with van der Waals surface area (Å²) in [7, 11) is -3.92. The Morgan fingerprint density at radius 2 is 1.97 bits per heavy atom. The minimum Gasteiger partial charge on any atom is -0.313 e. The fraction of sp³-hybridized carbons (Fsp3) is 0.238. The van der Waals surface area contributed by atoms with Gasteiger partial charge in [0, 0.05) is 13.1 Å². The number of benzene rings is 2. The summed E-state index contributed by atoms with van der Waals surface area (Å²) in [6, 6.07) is 11.5. The van der Waals surface area contributed by atoms with Crippen LogP contribution in [0.15, 0.2) is 71.1 Å². The number of sulfonamides is 1. The molecule has 0 aliphatic carbocycles. The van der Waals surface area contributed by atoms with Crippen molar-refractivity contribution in [3.05, 3.63) is 71.8 Å². The van der Waals surface area contributed by atoms with Crippen molar-refractivity contribution >= 4 is 37.5 Å². The van der Waals surface area contributed by atoms with Gasteiger partial charge < -0.3 is 4.57 Å². The van der Waals surface area contributed by atoms with Crippen LogP contribution in [0.3, 0.4) is 0 Å². The lowest BCUT2D eigenvalue weighted by Crippen LogP contribution is -2.40. The van der Waals surface area contributed by atoms with Crippen molar-refractivity contribution in [2.45, 2.75) is 30.3 Å². The highest BCUT2D eigenvalue weighted by Gasteiger charge is 2.39. The van der Waals surface area contributed by atoms with Gasteiger partial charge in [-0.05, 0) is 49.2 Å². The molecule has 1 fully saturated rings. The highest BCUT2D eigenvalue weighted by molar-refractivity contribution is 7.89. The van der Waals surface area contributed by atoms with E-state index in [0.29, 0.717) is 24.2 Å². The number of carbonyl (C=O) groups excluding carboxylic acids is 1. The SMILES string of the molecule is C=CCn1c(=NC(=O)C2CCCN2S(=O)(=O)c2ccc(F)cc2)sc2ccccc21. The molecule has 0 saturated carbocycles. The Morgan fingerprint density at radius 1 is 1.23 bits per heavy atom. The van der Waals surface area contributed by atoms with Crippen molar-refractivity contribution in [2.75, 3.05) is 6.54 Å². The Bertz CT molecular complexity index is 1280. The number of hydrogen-bond acceptors (Lipinski definition) is 4. The molecule has 1 amide bonds. The molecule has 2 aromatic carbocycles. The number of fused-ring (bicyclic) bond motifs is 1. The number of rotatable bonds is 5. The Hall–Kier alpha value is -2.62. The van der Waals surface area contributed by atoms with Crippen LogP contribution in [0.5, 0.6) is 0 Å². The second kappa shape index (κ2) is 8.25. The van der Waals surface area contributed by atoms with Gasteiger partial charge in [-0.15, -0.1) is 6.58 Å². The second-order valence-corrected chi connectivity index (χ2v) is 9.83. The molecular weight excluding hydrogens is 425 g/mol. The summed E-state index contributed by atoms with van der Waals surface area (Å²) in [5, 5.41) is 0. The number of para-hydroxylation sites is 1. The summed E-state index contributed by atoms with van der Waals surface area (Å²) in [4.78, 5) is 17.8. The number of carbonyl (C=O) groups is 1. The van der Waals surface area contributed by atoms with Crippen LogP contribution < -0.4 is 4.80 Å². The van der Waals surface area contributed by atoms with E-state index in [9.17, 15) is 17.6 Å². The molecule has 1 aliphatic rings. The molecule has 30 heavy (non-hydrogen) atoms. The topological polar surface area (TPSA) is 71.7 Å². The van der Waals surface area contributed by atoms with Crippen LogP contribution in [-0.4, -0.2) is 35.8 Å². The third kappa shape index (κ3) is 3.76. The normalized spacial score (nSPS) is 18.2. The van der Waals surface area contributed by atoms with E-state index in [2.05, 4.69) is 11.6 Å². The first-order chi connectivity index (χ1) is 14.4. The zero-order chi connectivity index (χ0) is 21.3. The molecule has 0 bridgehead atoms. The standard InChI is InChI=1S/C21H20FN3O3S2/c1-2-13-24-17-6-3-4-8-19(17)29-21(24)23-20(26)18-7-5-14-25(18)30(27,28)16-11-9-15(22)10-12-16/h2-4,6,8-12,18H,1,5,7,13-14H2. The molecule has 6 nitrogen and oxygen atoms in total. The quantitative estimate of drug-likeness (QED) is 0.566. The van der Waals surface area contributed by atoms with E-state index in [1.165, 1.54) is 27.8 Å². The lowest BCUT2D eigenvalue weighted by Gasteiger charge is -2.21. The first-order valence-electron chi connectivity index (χ1n) is 9.47. The fourth-order valence-electron chi connectivity index (χ4n) is 3.60. The Balaban J connectivity index is 1.71. The number of nitrogens with zero attached hydrogens (tertiary/aromatic N) is 3. The molecule has 0 radical (unpaired) electrons. The summed E-state index contributed by atoms with van der Waals surface area (Å²) >= 11 is 1.38. The molecule has 1 unspecified atom stereocenters. The van der Waals surface area contributed by atoms with Crippen LogP contribution >= 0.6 is 11.3 Å². The number of thiazole rings is 1. The van der Waals surface area contributed by atoms with Gasteiger partial charge in [-0.3, -0.25) is 4.79 Å². The molecule has 2 heterocycles. The van der Waals surface area contributed by atoms with E-state index >= 15 is 0 Å². The smallest absolute Gasteiger partial charge is 0.266 e. The maximum absolute atomic E-state index is 13.2. The van der Waals surface area contributed by atoms with Crippen LogP contribution in [-0.2, 0) is 21.4 Å². The average molecular weight is 446 g/mol. The van der Waals surface area contributed by atoms with Crippen molar-refractivity contribution in [2.24, 2.45) is 4.99 Å². The molecule has 0 spiro atoms. The van der Waals surface area contributed by atoms with Crippen LogP contribution in [0.1, 0.15) is 12.8 Å². The van der Waals surface area contributed by atoms with Gasteiger partial charge in [-0.1, -0.05) is 29.5 Å². The molecule has 156 valence electrons. The number of allylic oxidation sites excluding steroid dienone is 1. The maximum Gasteiger partial charge on any atom is 0.266 e. The minimum atomic E-state index is -3.92. The predicted octanol–water partition coefficient (Wildman–Crippen LogP) is 3.31. The van der Waals surface area contributed by atoms with Gasteiger partial charge in [0.05, 0.1) is 15.1 Å². The van der Waals surface area contributed by atoms with E-state index in [1.54, 1.807) is 6.08 Å². The van der Waals surface area contributed by atoms with Gasteiger partial charge >= 0.3 is 0 Å². The molecule has 1 aliphatic heterocycles. The molecule has 3 aromatic rings. The summed E-state index contributed by atoms with van der Waals surface area (Å²) in [6.45, 7) is 4.48. The highest BCUT2D eigenvalue weighted by Crippen LogP contribution is 2.27. The lowest BCUT2D eigenvalue weighted by atomic mass is 10.2. The molecule has 4 rings (SSSR count). The first-order valence-corrected chi connectivity index (χ1v) is 11.7. The molecular formula is C21H20FN3O3S2. The molecule has 1 atom stereocenters. The monoisotopic (exact) mass is 445 g/mol. The first kappa shape index (κ1) is 20.6. The van der Waals surface area contributed by atoms with E-state index in [0.717, 1.165) is 22.3 Å². The highest BCUT2D eigenvalue weighted by atomic mass is 32.2. The average Bonchev–Trinajstić information content (AvgIpc) is 3.35. The Kier molecular flexibility index (Phi) is 5.68. The van der Waals surface area contributed by atoms with Crippen LogP contribution in [0.25, 0.3) is 10.2 Å². The van der Waals surface area contributed by atoms with E-state index < -0.39 is 27.8 Å². The van der Waals surface area contributed by atoms with Crippen LogP contribution in [0.4, 0.5) is 4.39 Å². The van der Waals surface area contributed by atoms with E-state index in [4.69, 9.17) is 0 Å². The summed E-state index contributed by atoms with van der Waals surface area (Å²) in [6.07, 6.45) is 2.68. The third-order valence-electron chi connectivity index (χ3n) is 5.01. The van der Waals surface area contributed by atoms with Crippen molar-refractivity contribution < 1.29 is 17.6 Å². The zero-order valence-corrected chi connectivity index (χ0v) is 17.7. The van der Waals surface area contributed by atoms with Gasteiger partial charge in [0.2, 0.25) is 10.0 Å². The number of hydrogen-bond donors (Lipinski definition) is 0. The van der Waals surface area contributed by atoms with Crippen molar-refractivity contribution in [1.29, 1.82) is 0 Å². The third-order valence-corrected chi connectivity index (χ3v) is 8.00. The molecule has 1 saturated heterocycles.